The SMILES string of the molecule is Cc1cc(OCC2c3ccsc3CCN2C(=O)CN(C(=O)NC(C)(C)C)C(C)C)ccc1Cl. The summed E-state index contributed by atoms with van der Waals surface area (Å²) in [4.78, 5) is 31.0. The second-order valence-electron chi connectivity index (χ2n) is 9.78. The van der Waals surface area contributed by atoms with Crippen molar-refractivity contribution < 1.29 is 14.3 Å². The average Bonchev–Trinajstić information content (AvgIpc) is 3.20. The van der Waals surface area contributed by atoms with Gasteiger partial charge in [0.05, 0.1) is 6.04 Å². The minimum absolute atomic E-state index is 0.0234. The second kappa shape index (κ2) is 10.3. The molecule has 6 nitrogen and oxygen atoms in total. The first-order valence-corrected chi connectivity index (χ1v) is 12.6. The van der Waals surface area contributed by atoms with E-state index in [-0.39, 0.29) is 36.1 Å². The summed E-state index contributed by atoms with van der Waals surface area (Å²) in [5.74, 6) is 0.644. The van der Waals surface area contributed by atoms with Crippen molar-refractivity contribution in [2.45, 2.75) is 65.6 Å². The number of nitrogens with zero attached hydrogens (tertiary/aromatic N) is 2. The quantitative estimate of drug-likeness (QED) is 0.585. The Labute approximate surface area is 205 Å². The first-order valence-electron chi connectivity index (χ1n) is 11.3. The first kappa shape index (κ1) is 25.4. The molecule has 3 rings (SSSR count). The molecule has 33 heavy (non-hydrogen) atoms. The fourth-order valence-electron chi connectivity index (χ4n) is 3.87. The van der Waals surface area contributed by atoms with Crippen LogP contribution < -0.4 is 10.1 Å². The normalized spacial score (nSPS) is 15.9. The van der Waals surface area contributed by atoms with Crippen molar-refractivity contribution >= 4 is 34.9 Å². The van der Waals surface area contributed by atoms with Crippen molar-refractivity contribution in [1.82, 2.24) is 15.1 Å². The van der Waals surface area contributed by atoms with Gasteiger partial charge < -0.3 is 19.9 Å². The smallest absolute Gasteiger partial charge is 0.318 e. The van der Waals surface area contributed by atoms with Crippen LogP contribution in [0.4, 0.5) is 4.79 Å². The maximum atomic E-state index is 13.5. The molecule has 0 saturated heterocycles. The Morgan fingerprint density at radius 3 is 2.67 bits per heavy atom. The molecule has 1 aliphatic heterocycles. The lowest BCUT2D eigenvalue weighted by Crippen LogP contribution is -2.54. The summed E-state index contributed by atoms with van der Waals surface area (Å²) < 4.78 is 6.11. The summed E-state index contributed by atoms with van der Waals surface area (Å²) in [6.07, 6.45) is 0.811. The Morgan fingerprint density at radius 2 is 2.03 bits per heavy atom. The molecular weight excluding hydrogens is 458 g/mol. The Hall–Kier alpha value is -2.25. The number of carbonyl (C=O) groups excluding carboxylic acids is 2. The van der Waals surface area contributed by atoms with Gasteiger partial charge in [0.1, 0.15) is 18.9 Å². The van der Waals surface area contributed by atoms with Crippen LogP contribution in [0, 0.1) is 6.92 Å². The third-order valence-corrected chi connectivity index (χ3v) is 7.04. The maximum Gasteiger partial charge on any atom is 0.318 e. The van der Waals surface area contributed by atoms with Crippen LogP contribution in [-0.2, 0) is 11.2 Å². The summed E-state index contributed by atoms with van der Waals surface area (Å²) in [7, 11) is 0. The van der Waals surface area contributed by atoms with Gasteiger partial charge in [-0.1, -0.05) is 11.6 Å². The average molecular weight is 492 g/mol. The molecule has 0 bridgehead atoms. The molecule has 0 spiro atoms. The first-order chi connectivity index (χ1) is 15.5. The molecule has 180 valence electrons. The van der Waals surface area contributed by atoms with Crippen LogP contribution in [0.2, 0.25) is 5.02 Å². The molecule has 0 aliphatic carbocycles. The number of hydrogen-bond acceptors (Lipinski definition) is 4. The predicted octanol–water partition coefficient (Wildman–Crippen LogP) is 5.43. The van der Waals surface area contributed by atoms with E-state index in [4.69, 9.17) is 16.3 Å². The highest BCUT2D eigenvalue weighted by atomic mass is 35.5. The highest BCUT2D eigenvalue weighted by Crippen LogP contribution is 2.34. The van der Waals surface area contributed by atoms with Gasteiger partial charge in [-0.15, -0.1) is 11.3 Å². The zero-order chi connectivity index (χ0) is 24.3. The molecule has 1 N–H and O–H groups in total. The number of rotatable bonds is 6. The minimum atomic E-state index is -0.378. The van der Waals surface area contributed by atoms with Crippen LogP contribution in [0.5, 0.6) is 5.75 Å². The number of ether oxygens (including phenoxy) is 1. The van der Waals surface area contributed by atoms with E-state index in [1.807, 2.05) is 64.6 Å². The maximum absolute atomic E-state index is 13.5. The van der Waals surface area contributed by atoms with Crippen molar-refractivity contribution in [3.63, 3.8) is 0 Å². The van der Waals surface area contributed by atoms with E-state index >= 15 is 0 Å². The standard InChI is InChI=1S/C25H34ClN3O3S/c1-16(2)29(24(31)27-25(4,5)6)14-23(30)28-11-9-22-19(10-12-33-22)21(28)15-32-18-7-8-20(26)17(3)13-18/h7-8,10,12-13,16,21H,9,11,14-15H2,1-6H3,(H,27,31). The van der Waals surface area contributed by atoms with Gasteiger partial charge in [-0.3, -0.25) is 4.79 Å². The highest BCUT2D eigenvalue weighted by Gasteiger charge is 2.34. The van der Waals surface area contributed by atoms with Gasteiger partial charge >= 0.3 is 6.03 Å². The molecular formula is C25H34ClN3O3S. The number of thiophene rings is 1. The van der Waals surface area contributed by atoms with Gasteiger partial charge in [0, 0.05) is 28.0 Å². The van der Waals surface area contributed by atoms with Gasteiger partial charge in [0.2, 0.25) is 5.91 Å². The predicted molar refractivity (Wildman–Crippen MR) is 134 cm³/mol. The van der Waals surface area contributed by atoms with Crippen LogP contribution in [0.25, 0.3) is 0 Å². The van der Waals surface area contributed by atoms with E-state index < -0.39 is 0 Å². The molecule has 8 heteroatoms. The molecule has 1 aliphatic rings. The van der Waals surface area contributed by atoms with E-state index in [1.54, 1.807) is 16.2 Å². The van der Waals surface area contributed by atoms with E-state index in [1.165, 1.54) is 4.88 Å². The van der Waals surface area contributed by atoms with Crippen LogP contribution in [0.3, 0.4) is 0 Å². The number of carbonyl (C=O) groups is 2. The van der Waals surface area contributed by atoms with Crippen LogP contribution >= 0.6 is 22.9 Å². The molecule has 2 heterocycles. The summed E-state index contributed by atoms with van der Waals surface area (Å²) in [5, 5.41) is 5.73. The summed E-state index contributed by atoms with van der Waals surface area (Å²) >= 11 is 7.86. The third-order valence-electron chi connectivity index (χ3n) is 5.62. The monoisotopic (exact) mass is 491 g/mol. The minimum Gasteiger partial charge on any atom is -0.491 e. The third kappa shape index (κ3) is 6.42. The molecule has 1 aromatic heterocycles. The van der Waals surface area contributed by atoms with Gasteiger partial charge in [0.15, 0.2) is 0 Å². The molecule has 0 radical (unpaired) electrons. The summed E-state index contributed by atoms with van der Waals surface area (Å²) in [6, 6.07) is 7.10. The molecule has 0 saturated carbocycles. The number of nitrogens with one attached hydrogen (secondary N) is 1. The van der Waals surface area contributed by atoms with Gasteiger partial charge in [0.25, 0.3) is 0 Å². The van der Waals surface area contributed by atoms with Crippen molar-refractivity contribution in [2.24, 2.45) is 0 Å². The zero-order valence-corrected chi connectivity index (χ0v) is 21.8. The van der Waals surface area contributed by atoms with Crippen molar-refractivity contribution in [1.29, 1.82) is 0 Å². The summed E-state index contributed by atoms with van der Waals surface area (Å²) in [6.45, 7) is 12.5. The van der Waals surface area contributed by atoms with E-state index in [9.17, 15) is 9.59 Å². The van der Waals surface area contributed by atoms with Gasteiger partial charge in [-0.25, -0.2) is 4.79 Å². The molecule has 1 aromatic carbocycles. The van der Waals surface area contributed by atoms with E-state index in [0.717, 1.165) is 23.3 Å². The number of amides is 3. The lowest BCUT2D eigenvalue weighted by molar-refractivity contribution is -0.135. The number of benzene rings is 1. The number of hydrogen-bond donors (Lipinski definition) is 1. The largest absolute Gasteiger partial charge is 0.491 e. The topological polar surface area (TPSA) is 61.9 Å². The Kier molecular flexibility index (Phi) is 7.96. The highest BCUT2D eigenvalue weighted by molar-refractivity contribution is 7.10. The van der Waals surface area contributed by atoms with Crippen molar-refractivity contribution in [3.05, 3.63) is 50.7 Å². The number of halogens is 1. The molecule has 1 atom stereocenters. The van der Waals surface area contributed by atoms with Gasteiger partial charge in [-0.2, -0.15) is 0 Å². The second-order valence-corrected chi connectivity index (χ2v) is 11.2. The summed E-state index contributed by atoms with van der Waals surface area (Å²) in [5.41, 5.74) is 1.69. The lowest BCUT2D eigenvalue weighted by Gasteiger charge is -2.38. The molecule has 3 amide bonds. The fourth-order valence-corrected chi connectivity index (χ4v) is 4.92. The molecule has 1 unspecified atom stereocenters. The van der Waals surface area contributed by atoms with Crippen LogP contribution in [0.15, 0.2) is 29.6 Å². The van der Waals surface area contributed by atoms with Crippen LogP contribution in [0.1, 0.15) is 56.7 Å². The number of urea groups is 1. The Bertz CT molecular complexity index is 999. The molecule has 2 aromatic rings. The van der Waals surface area contributed by atoms with Crippen molar-refractivity contribution in [2.75, 3.05) is 19.7 Å². The van der Waals surface area contributed by atoms with Crippen molar-refractivity contribution in [3.8, 4) is 5.75 Å². The number of fused-ring (bicyclic) bond motifs is 1. The zero-order valence-electron chi connectivity index (χ0n) is 20.3. The lowest BCUT2D eigenvalue weighted by atomic mass is 10.0. The van der Waals surface area contributed by atoms with E-state index in [0.29, 0.717) is 18.2 Å². The van der Waals surface area contributed by atoms with Gasteiger partial charge in [-0.05, 0) is 88.7 Å². The Balaban J connectivity index is 1.78. The van der Waals surface area contributed by atoms with E-state index in [2.05, 4.69) is 16.8 Å². The van der Waals surface area contributed by atoms with Crippen LogP contribution in [-0.4, -0.2) is 53.0 Å². The fraction of sp³-hybridized carbons (Fsp3) is 0.520. The number of aryl methyl sites for hydroxylation is 1. The molecule has 0 fully saturated rings. The Morgan fingerprint density at radius 1 is 1.30 bits per heavy atom.